The van der Waals surface area contributed by atoms with Gasteiger partial charge in [0.1, 0.15) is 5.82 Å². The quantitative estimate of drug-likeness (QED) is 0.677. The average molecular weight is 418 g/mol. The van der Waals surface area contributed by atoms with Crippen LogP contribution in [0.3, 0.4) is 0 Å². The third-order valence-corrected chi connectivity index (χ3v) is 7.13. The Morgan fingerprint density at radius 1 is 1.27 bits per heavy atom. The summed E-state index contributed by atoms with van der Waals surface area (Å²) in [7, 11) is 0. The van der Waals surface area contributed by atoms with Crippen molar-refractivity contribution >= 4 is 22.8 Å². The maximum atomic E-state index is 13.2. The lowest BCUT2D eigenvalue weighted by molar-refractivity contribution is -0.116. The number of benzene rings is 1. The summed E-state index contributed by atoms with van der Waals surface area (Å²) >= 11 is 1.71. The van der Waals surface area contributed by atoms with Gasteiger partial charge in [-0.15, -0.1) is 11.3 Å². The summed E-state index contributed by atoms with van der Waals surface area (Å²) in [6.07, 6.45) is 5.45. The van der Waals surface area contributed by atoms with Crippen molar-refractivity contribution in [2.45, 2.75) is 58.3 Å². The van der Waals surface area contributed by atoms with E-state index < -0.39 is 0 Å². The van der Waals surface area contributed by atoms with Gasteiger partial charge < -0.3 is 5.73 Å². The van der Waals surface area contributed by atoms with Crippen molar-refractivity contribution < 1.29 is 4.79 Å². The van der Waals surface area contributed by atoms with Gasteiger partial charge in [-0.1, -0.05) is 25.5 Å². The Bertz CT molecular complexity index is 1090. The van der Waals surface area contributed by atoms with Gasteiger partial charge >= 0.3 is 0 Å². The fourth-order valence-corrected chi connectivity index (χ4v) is 5.64. The zero-order chi connectivity index (χ0) is 21.3. The Morgan fingerprint density at radius 3 is 2.83 bits per heavy atom. The molecular formula is C25H27N3OS. The van der Waals surface area contributed by atoms with Crippen LogP contribution in [0.15, 0.2) is 59.1 Å². The number of nitrogens with zero attached hydrogens (tertiary/aromatic N) is 2. The zero-order valence-corrected chi connectivity index (χ0v) is 18.4. The van der Waals surface area contributed by atoms with Crippen LogP contribution in [0.25, 0.3) is 0 Å². The summed E-state index contributed by atoms with van der Waals surface area (Å²) in [5.74, 6) is 0.243. The number of hydrogen-bond acceptors (Lipinski definition) is 5. The summed E-state index contributed by atoms with van der Waals surface area (Å²) in [5, 5.41) is 10.1. The van der Waals surface area contributed by atoms with Crippen molar-refractivity contribution in [3.8, 4) is 6.07 Å². The van der Waals surface area contributed by atoms with E-state index in [1.54, 1.807) is 11.3 Å². The summed E-state index contributed by atoms with van der Waals surface area (Å²) in [5.41, 5.74) is 10.9. The molecule has 30 heavy (non-hydrogen) atoms. The van der Waals surface area contributed by atoms with Crippen LogP contribution in [0.2, 0.25) is 0 Å². The summed E-state index contributed by atoms with van der Waals surface area (Å²) < 4.78 is 0. The van der Waals surface area contributed by atoms with Crippen LogP contribution in [0.4, 0.5) is 5.69 Å². The predicted molar refractivity (Wildman–Crippen MR) is 122 cm³/mol. The van der Waals surface area contributed by atoms with Crippen LogP contribution >= 0.6 is 11.3 Å². The van der Waals surface area contributed by atoms with Crippen molar-refractivity contribution in [2.75, 3.05) is 4.90 Å². The Balaban J connectivity index is 1.87. The number of carbonyl (C=O) groups is 1. The Labute approximate surface area is 182 Å². The predicted octanol–water partition coefficient (Wildman–Crippen LogP) is 5.70. The highest BCUT2D eigenvalue weighted by molar-refractivity contribution is 7.12. The number of aryl methyl sites for hydroxylation is 2. The highest BCUT2D eigenvalue weighted by atomic mass is 32.1. The molecule has 2 aliphatic rings. The molecule has 1 aromatic heterocycles. The van der Waals surface area contributed by atoms with Crippen LogP contribution in [0, 0.1) is 18.3 Å². The molecule has 0 saturated carbocycles. The lowest BCUT2D eigenvalue weighted by Crippen LogP contribution is -2.38. The zero-order valence-electron chi connectivity index (χ0n) is 17.6. The molecule has 0 fully saturated rings. The van der Waals surface area contributed by atoms with E-state index in [0.29, 0.717) is 17.8 Å². The maximum Gasteiger partial charge on any atom is 0.161 e. The van der Waals surface area contributed by atoms with Gasteiger partial charge in [-0.2, -0.15) is 5.26 Å². The van der Waals surface area contributed by atoms with Crippen molar-refractivity contribution in [3.05, 3.63) is 74.4 Å². The second-order valence-corrected chi connectivity index (χ2v) is 9.26. The van der Waals surface area contributed by atoms with E-state index in [2.05, 4.69) is 31.2 Å². The van der Waals surface area contributed by atoms with E-state index >= 15 is 0 Å². The number of nitriles is 1. The highest BCUT2D eigenvalue weighted by Crippen LogP contribution is 2.47. The number of thiophene rings is 1. The molecule has 0 radical (unpaired) electrons. The van der Waals surface area contributed by atoms with Crippen LogP contribution in [-0.4, -0.2) is 5.78 Å². The smallest absolute Gasteiger partial charge is 0.161 e. The minimum Gasteiger partial charge on any atom is -0.384 e. The number of allylic oxidation sites excluding steroid dienone is 3. The largest absolute Gasteiger partial charge is 0.384 e. The molecule has 5 heteroatoms. The first-order chi connectivity index (χ1) is 14.5. The Morgan fingerprint density at radius 2 is 2.10 bits per heavy atom. The first-order valence-corrected chi connectivity index (χ1v) is 11.5. The second kappa shape index (κ2) is 8.49. The number of rotatable bonds is 5. The van der Waals surface area contributed by atoms with Gasteiger partial charge in [0.05, 0.1) is 17.6 Å². The lowest BCUT2D eigenvalue weighted by atomic mass is 9.78. The van der Waals surface area contributed by atoms with Crippen LogP contribution < -0.4 is 10.6 Å². The van der Waals surface area contributed by atoms with Crippen LogP contribution in [-0.2, 0) is 11.2 Å². The SMILES string of the molecule is CCCCc1ccc(C2C(C#N)=C(N)N(c3cccc(C)c3)C3=C2C(=O)CCC3)s1. The fourth-order valence-electron chi connectivity index (χ4n) is 4.47. The van der Waals surface area contributed by atoms with E-state index in [4.69, 9.17) is 5.73 Å². The van der Waals surface area contributed by atoms with Crippen molar-refractivity contribution in [1.29, 1.82) is 5.26 Å². The van der Waals surface area contributed by atoms with Gasteiger partial charge in [0.15, 0.2) is 5.78 Å². The third kappa shape index (κ3) is 3.57. The van der Waals surface area contributed by atoms with E-state index in [1.807, 2.05) is 30.0 Å². The third-order valence-electron chi connectivity index (χ3n) is 5.92. The van der Waals surface area contributed by atoms with Gasteiger partial charge in [0.25, 0.3) is 0 Å². The standard InChI is InChI=1S/C25H27N3OS/c1-3-4-9-18-12-13-22(30-18)23-19(15-26)25(27)28(17-8-5-7-16(2)14-17)20-10-6-11-21(29)24(20)23/h5,7-8,12-14,23H,3-4,6,9-11,27H2,1-2H3. The molecule has 2 heterocycles. The van der Waals surface area contributed by atoms with Gasteiger partial charge in [-0.25, -0.2) is 0 Å². The number of carbonyl (C=O) groups excluding carboxylic acids is 1. The molecule has 2 aromatic rings. The topological polar surface area (TPSA) is 70.1 Å². The molecule has 1 aliphatic heterocycles. The molecule has 1 aromatic carbocycles. The number of nitrogens with two attached hydrogens (primary N) is 1. The highest BCUT2D eigenvalue weighted by Gasteiger charge is 2.40. The van der Waals surface area contributed by atoms with Crippen molar-refractivity contribution in [3.63, 3.8) is 0 Å². The molecule has 1 aliphatic carbocycles. The lowest BCUT2D eigenvalue weighted by Gasteiger charge is -2.39. The van der Waals surface area contributed by atoms with Crippen LogP contribution in [0.5, 0.6) is 0 Å². The Hall–Kier alpha value is -2.84. The molecule has 1 unspecified atom stereocenters. The van der Waals surface area contributed by atoms with Gasteiger partial charge in [0, 0.05) is 33.1 Å². The first-order valence-electron chi connectivity index (χ1n) is 10.7. The molecular weight excluding hydrogens is 390 g/mol. The molecule has 154 valence electrons. The molecule has 4 nitrogen and oxygen atoms in total. The summed E-state index contributed by atoms with van der Waals surface area (Å²) in [6, 6.07) is 14.6. The molecule has 0 saturated heterocycles. The fraction of sp³-hybridized carbons (Fsp3) is 0.360. The molecule has 1 atom stereocenters. The van der Waals surface area contributed by atoms with Crippen LogP contribution in [0.1, 0.15) is 60.3 Å². The minimum atomic E-state index is -0.348. The molecule has 0 spiro atoms. The number of unbranched alkanes of at least 4 members (excludes halogenated alkanes) is 1. The summed E-state index contributed by atoms with van der Waals surface area (Å²) in [6.45, 7) is 4.22. The second-order valence-electron chi connectivity index (χ2n) is 8.06. The normalized spacial score (nSPS) is 19.2. The van der Waals surface area contributed by atoms with E-state index in [-0.39, 0.29) is 11.7 Å². The maximum absolute atomic E-state index is 13.2. The Kier molecular flexibility index (Phi) is 5.78. The van der Waals surface area contributed by atoms with Crippen molar-refractivity contribution in [2.24, 2.45) is 5.73 Å². The number of ketones is 1. The minimum absolute atomic E-state index is 0.141. The molecule has 2 N–H and O–H groups in total. The number of anilines is 1. The average Bonchev–Trinajstić information content (AvgIpc) is 3.20. The first kappa shape index (κ1) is 20.4. The van der Waals surface area contributed by atoms with Gasteiger partial charge in [0.2, 0.25) is 0 Å². The van der Waals surface area contributed by atoms with E-state index in [0.717, 1.165) is 59.5 Å². The van der Waals surface area contributed by atoms with E-state index in [9.17, 15) is 10.1 Å². The molecule has 4 rings (SSSR count). The number of Topliss-reactive ketones (excluding diaryl/α,β-unsaturated/α-hetero) is 1. The summed E-state index contributed by atoms with van der Waals surface area (Å²) in [4.78, 5) is 17.4. The number of hydrogen-bond donors (Lipinski definition) is 1. The van der Waals surface area contributed by atoms with Gasteiger partial charge in [-0.05, 0) is 62.4 Å². The van der Waals surface area contributed by atoms with Gasteiger partial charge in [-0.3, -0.25) is 9.69 Å². The molecule has 0 amide bonds. The van der Waals surface area contributed by atoms with E-state index in [1.165, 1.54) is 4.88 Å². The molecule has 0 bridgehead atoms. The monoisotopic (exact) mass is 417 g/mol. The van der Waals surface area contributed by atoms with Crippen molar-refractivity contribution in [1.82, 2.24) is 0 Å².